The zero-order valence-electron chi connectivity index (χ0n) is 12.6. The van der Waals surface area contributed by atoms with E-state index in [1.54, 1.807) is 19.1 Å². The lowest BCUT2D eigenvalue weighted by atomic mass is 10.2. The Morgan fingerprint density at radius 1 is 1.38 bits per heavy atom. The first-order valence-corrected chi connectivity index (χ1v) is 8.40. The Morgan fingerprint density at radius 3 is 2.67 bits per heavy atom. The van der Waals surface area contributed by atoms with Crippen LogP contribution >= 0.6 is 0 Å². The van der Waals surface area contributed by atoms with E-state index in [1.165, 1.54) is 6.07 Å². The van der Waals surface area contributed by atoms with Crippen molar-refractivity contribution < 1.29 is 13.2 Å². The molecule has 0 saturated carbocycles. The van der Waals surface area contributed by atoms with E-state index in [2.05, 4.69) is 10.0 Å². The van der Waals surface area contributed by atoms with E-state index in [-0.39, 0.29) is 29.8 Å². The number of carbonyl (C=O) groups is 1. The van der Waals surface area contributed by atoms with Crippen LogP contribution in [-0.2, 0) is 14.8 Å². The van der Waals surface area contributed by atoms with E-state index in [0.29, 0.717) is 11.3 Å². The minimum atomic E-state index is -3.65. The molecule has 1 unspecified atom stereocenters. The molecule has 1 aromatic rings. The first-order chi connectivity index (χ1) is 9.77. The second kappa shape index (κ2) is 7.42. The first kappa shape index (κ1) is 17.5. The van der Waals surface area contributed by atoms with Gasteiger partial charge < -0.3 is 11.1 Å². The van der Waals surface area contributed by atoms with Crippen molar-refractivity contribution in [2.75, 3.05) is 12.3 Å². The predicted molar refractivity (Wildman–Crippen MR) is 83.3 cm³/mol. The summed E-state index contributed by atoms with van der Waals surface area (Å²) >= 11 is 0. The molecule has 0 saturated heterocycles. The maximum atomic E-state index is 12.2. The number of nitrogens with one attached hydrogen (secondary N) is 2. The fourth-order valence-electron chi connectivity index (χ4n) is 1.75. The molecule has 0 aliphatic carbocycles. The summed E-state index contributed by atoms with van der Waals surface area (Å²) in [7, 11) is -3.65. The molecular formula is C14H23N3O3S. The third-order valence-corrected chi connectivity index (χ3v) is 4.88. The quantitative estimate of drug-likeness (QED) is 0.657. The van der Waals surface area contributed by atoms with E-state index >= 15 is 0 Å². The molecule has 0 fully saturated rings. The Hall–Kier alpha value is -1.60. The molecule has 0 aromatic heterocycles. The van der Waals surface area contributed by atoms with E-state index in [1.807, 2.05) is 13.8 Å². The molecule has 1 rings (SSSR count). The van der Waals surface area contributed by atoms with Gasteiger partial charge >= 0.3 is 0 Å². The van der Waals surface area contributed by atoms with Crippen LogP contribution in [0.5, 0.6) is 0 Å². The number of nitrogen functional groups attached to an aromatic ring is 1. The van der Waals surface area contributed by atoms with Crippen LogP contribution in [0.4, 0.5) is 5.69 Å². The number of hydrogen-bond donors (Lipinski definition) is 3. The Morgan fingerprint density at radius 2 is 2.05 bits per heavy atom. The Kier molecular flexibility index (Phi) is 6.17. The topological polar surface area (TPSA) is 101 Å². The number of sulfonamides is 1. The normalized spacial score (nSPS) is 12.9. The molecule has 1 aromatic carbocycles. The lowest BCUT2D eigenvalue weighted by molar-refractivity contribution is -0.121. The highest BCUT2D eigenvalue weighted by Gasteiger charge is 2.17. The van der Waals surface area contributed by atoms with Crippen LogP contribution < -0.4 is 15.8 Å². The third kappa shape index (κ3) is 5.02. The van der Waals surface area contributed by atoms with Gasteiger partial charge in [0.05, 0.1) is 4.90 Å². The second-order valence-corrected chi connectivity index (χ2v) is 6.73. The number of anilines is 1. The minimum absolute atomic E-state index is 0.0544. The number of amides is 1. The van der Waals surface area contributed by atoms with Crippen LogP contribution in [0.3, 0.4) is 0 Å². The fraction of sp³-hybridized carbons (Fsp3) is 0.500. The molecule has 0 aliphatic heterocycles. The molecule has 7 heteroatoms. The van der Waals surface area contributed by atoms with Gasteiger partial charge in [-0.2, -0.15) is 0 Å². The number of rotatable bonds is 7. The molecule has 21 heavy (non-hydrogen) atoms. The molecule has 1 amide bonds. The molecule has 1 atom stereocenters. The van der Waals surface area contributed by atoms with Crippen LogP contribution in [0, 0.1) is 6.92 Å². The van der Waals surface area contributed by atoms with Crippen molar-refractivity contribution in [1.82, 2.24) is 10.0 Å². The van der Waals surface area contributed by atoms with E-state index in [9.17, 15) is 13.2 Å². The number of hydrogen-bond acceptors (Lipinski definition) is 4. The van der Waals surface area contributed by atoms with Gasteiger partial charge in [0.2, 0.25) is 15.9 Å². The molecule has 0 bridgehead atoms. The van der Waals surface area contributed by atoms with Gasteiger partial charge in [0.1, 0.15) is 0 Å². The predicted octanol–water partition coefficient (Wildman–Crippen LogP) is 1.16. The highest BCUT2D eigenvalue weighted by molar-refractivity contribution is 7.89. The van der Waals surface area contributed by atoms with Crippen LogP contribution in [0.2, 0.25) is 0 Å². The van der Waals surface area contributed by atoms with Crippen LogP contribution in [0.1, 0.15) is 32.3 Å². The monoisotopic (exact) mass is 313 g/mol. The lowest BCUT2D eigenvalue weighted by Gasteiger charge is -2.13. The highest BCUT2D eigenvalue weighted by atomic mass is 32.2. The van der Waals surface area contributed by atoms with Crippen LogP contribution in [-0.4, -0.2) is 26.9 Å². The highest BCUT2D eigenvalue weighted by Crippen LogP contribution is 2.19. The van der Waals surface area contributed by atoms with Gasteiger partial charge in [-0.3, -0.25) is 4.79 Å². The van der Waals surface area contributed by atoms with E-state index in [4.69, 9.17) is 5.73 Å². The summed E-state index contributed by atoms with van der Waals surface area (Å²) in [4.78, 5) is 11.7. The van der Waals surface area contributed by atoms with Crippen molar-refractivity contribution >= 4 is 21.6 Å². The lowest BCUT2D eigenvalue weighted by Crippen LogP contribution is -2.35. The fourth-order valence-corrected chi connectivity index (χ4v) is 3.05. The summed E-state index contributed by atoms with van der Waals surface area (Å²) in [6.45, 7) is 5.58. The Balaban J connectivity index is 2.62. The molecule has 0 radical (unpaired) electrons. The van der Waals surface area contributed by atoms with Crippen molar-refractivity contribution in [1.29, 1.82) is 0 Å². The average molecular weight is 313 g/mol. The summed E-state index contributed by atoms with van der Waals surface area (Å²) in [5, 5.41) is 2.78. The minimum Gasteiger partial charge on any atom is -0.398 e. The van der Waals surface area contributed by atoms with Crippen molar-refractivity contribution in [3.63, 3.8) is 0 Å². The summed E-state index contributed by atoms with van der Waals surface area (Å²) in [5.41, 5.74) is 6.64. The SMILES string of the molecule is CCC(C)NC(=O)CCNS(=O)(=O)c1cccc(N)c1C. The van der Waals surface area contributed by atoms with E-state index < -0.39 is 10.0 Å². The van der Waals surface area contributed by atoms with Crippen molar-refractivity contribution in [2.45, 2.75) is 44.6 Å². The molecule has 6 nitrogen and oxygen atoms in total. The van der Waals surface area contributed by atoms with Crippen LogP contribution in [0.15, 0.2) is 23.1 Å². The summed E-state index contributed by atoms with van der Waals surface area (Å²) in [6.07, 6.45) is 0.935. The maximum absolute atomic E-state index is 12.2. The van der Waals surface area contributed by atoms with Gasteiger partial charge in [-0.1, -0.05) is 13.0 Å². The maximum Gasteiger partial charge on any atom is 0.240 e. The molecule has 0 heterocycles. The average Bonchev–Trinajstić information content (AvgIpc) is 2.41. The standard InChI is InChI=1S/C14H23N3O3S/c1-4-10(2)17-14(18)8-9-16-21(19,20)13-7-5-6-12(15)11(13)3/h5-7,10,16H,4,8-9,15H2,1-3H3,(H,17,18). The molecule has 4 N–H and O–H groups in total. The Bertz CT molecular complexity index is 599. The van der Waals surface area contributed by atoms with Crippen LogP contribution in [0.25, 0.3) is 0 Å². The number of carbonyl (C=O) groups excluding carboxylic acids is 1. The van der Waals surface area contributed by atoms with Crippen molar-refractivity contribution in [2.24, 2.45) is 0 Å². The molecule has 0 aliphatic rings. The van der Waals surface area contributed by atoms with Gasteiger partial charge in [-0.05, 0) is 38.0 Å². The third-order valence-electron chi connectivity index (χ3n) is 3.28. The van der Waals surface area contributed by atoms with Crippen molar-refractivity contribution in [3.8, 4) is 0 Å². The summed E-state index contributed by atoms with van der Waals surface area (Å²) in [5.74, 6) is -0.170. The zero-order chi connectivity index (χ0) is 16.0. The number of nitrogens with two attached hydrogens (primary N) is 1. The smallest absolute Gasteiger partial charge is 0.240 e. The van der Waals surface area contributed by atoms with Gasteiger partial charge in [-0.25, -0.2) is 13.1 Å². The second-order valence-electron chi connectivity index (χ2n) is 4.99. The summed E-state index contributed by atoms with van der Waals surface area (Å²) in [6, 6.07) is 4.82. The van der Waals surface area contributed by atoms with Gasteiger partial charge in [0, 0.05) is 24.7 Å². The largest absolute Gasteiger partial charge is 0.398 e. The van der Waals surface area contributed by atoms with Gasteiger partial charge in [-0.15, -0.1) is 0 Å². The molecule has 118 valence electrons. The summed E-state index contributed by atoms with van der Waals surface area (Å²) < 4.78 is 26.8. The van der Waals surface area contributed by atoms with Crippen molar-refractivity contribution in [3.05, 3.63) is 23.8 Å². The Labute approximate surface area is 126 Å². The molecule has 0 spiro atoms. The first-order valence-electron chi connectivity index (χ1n) is 6.92. The van der Waals surface area contributed by atoms with E-state index in [0.717, 1.165) is 6.42 Å². The van der Waals surface area contributed by atoms with Gasteiger partial charge in [0.25, 0.3) is 0 Å². The van der Waals surface area contributed by atoms with Gasteiger partial charge in [0.15, 0.2) is 0 Å². The zero-order valence-corrected chi connectivity index (χ0v) is 13.5. The molecular weight excluding hydrogens is 290 g/mol. The number of benzene rings is 1.